The molecule has 0 saturated heterocycles. The first kappa shape index (κ1) is 12.2. The van der Waals surface area contributed by atoms with E-state index in [-0.39, 0.29) is 11.9 Å². The number of carbonyl (C=O) groups is 2. The zero-order valence-corrected chi connectivity index (χ0v) is 11.0. The molecule has 4 nitrogen and oxygen atoms in total. The number of carbonyl (C=O) groups excluding carboxylic acids is 2. The van der Waals surface area contributed by atoms with Crippen LogP contribution in [-0.2, 0) is 20.7 Å². The first-order valence-electron chi connectivity index (χ1n) is 6.67. The van der Waals surface area contributed by atoms with Crippen molar-refractivity contribution in [3.05, 3.63) is 29.8 Å². The quantitative estimate of drug-likeness (QED) is 0.602. The van der Waals surface area contributed by atoms with Gasteiger partial charge in [-0.05, 0) is 30.9 Å². The van der Waals surface area contributed by atoms with Gasteiger partial charge in [0.1, 0.15) is 5.41 Å². The van der Waals surface area contributed by atoms with Gasteiger partial charge in [0.15, 0.2) is 0 Å². The van der Waals surface area contributed by atoms with Crippen LogP contribution in [0, 0.1) is 5.41 Å². The number of anilines is 1. The van der Waals surface area contributed by atoms with Crippen molar-refractivity contribution in [3.8, 4) is 0 Å². The summed E-state index contributed by atoms with van der Waals surface area (Å²) in [7, 11) is 1.35. The lowest BCUT2D eigenvalue weighted by atomic mass is 9.67. The normalized spacial score (nSPS) is 19.5. The van der Waals surface area contributed by atoms with Crippen LogP contribution < -0.4 is 4.90 Å². The van der Waals surface area contributed by atoms with Crippen molar-refractivity contribution in [2.24, 2.45) is 5.41 Å². The van der Waals surface area contributed by atoms with Crippen LogP contribution in [0.3, 0.4) is 0 Å². The number of benzene rings is 1. The van der Waals surface area contributed by atoms with E-state index < -0.39 is 5.41 Å². The van der Waals surface area contributed by atoms with Crippen molar-refractivity contribution in [3.63, 3.8) is 0 Å². The molecule has 1 aromatic rings. The van der Waals surface area contributed by atoms with Crippen LogP contribution in [0.15, 0.2) is 24.3 Å². The summed E-state index contributed by atoms with van der Waals surface area (Å²) in [4.78, 5) is 26.4. The van der Waals surface area contributed by atoms with Crippen molar-refractivity contribution in [1.82, 2.24) is 0 Å². The van der Waals surface area contributed by atoms with Crippen molar-refractivity contribution < 1.29 is 14.3 Å². The summed E-state index contributed by atoms with van der Waals surface area (Å²) < 4.78 is 4.84. The predicted molar refractivity (Wildman–Crippen MR) is 70.8 cm³/mol. The Morgan fingerprint density at radius 3 is 2.63 bits per heavy atom. The van der Waals surface area contributed by atoms with Crippen LogP contribution in [0.25, 0.3) is 0 Å². The SMILES string of the molecule is COC(=O)C1(C(=O)N2CCc3ccccc32)CCC1. The van der Waals surface area contributed by atoms with E-state index in [1.165, 1.54) is 12.7 Å². The van der Waals surface area contributed by atoms with Gasteiger partial charge in [0.25, 0.3) is 0 Å². The van der Waals surface area contributed by atoms with Crippen LogP contribution in [-0.4, -0.2) is 25.5 Å². The van der Waals surface area contributed by atoms with Gasteiger partial charge in [-0.1, -0.05) is 24.6 Å². The van der Waals surface area contributed by atoms with Crippen molar-refractivity contribution in [2.45, 2.75) is 25.7 Å². The van der Waals surface area contributed by atoms with Gasteiger partial charge < -0.3 is 9.64 Å². The molecule has 0 bridgehead atoms. The number of amides is 1. The molecule has 1 aromatic carbocycles. The van der Waals surface area contributed by atoms with E-state index in [2.05, 4.69) is 0 Å². The fraction of sp³-hybridized carbons (Fsp3) is 0.467. The second-order valence-corrected chi connectivity index (χ2v) is 5.26. The maximum absolute atomic E-state index is 12.7. The van der Waals surface area contributed by atoms with Crippen LogP contribution in [0.4, 0.5) is 5.69 Å². The number of rotatable bonds is 2. The monoisotopic (exact) mass is 259 g/mol. The van der Waals surface area contributed by atoms with Crippen LogP contribution in [0.5, 0.6) is 0 Å². The first-order chi connectivity index (χ1) is 9.19. The third-order valence-electron chi connectivity index (χ3n) is 4.32. The highest BCUT2D eigenvalue weighted by Crippen LogP contribution is 2.45. The molecule has 1 amide bonds. The molecule has 1 fully saturated rings. The molecule has 1 heterocycles. The van der Waals surface area contributed by atoms with E-state index in [1.54, 1.807) is 4.90 Å². The van der Waals surface area contributed by atoms with E-state index in [9.17, 15) is 9.59 Å². The third kappa shape index (κ3) is 1.66. The molecule has 0 unspecified atom stereocenters. The molecule has 1 saturated carbocycles. The summed E-state index contributed by atoms with van der Waals surface area (Å²) in [6, 6.07) is 7.89. The molecule has 1 aliphatic carbocycles. The van der Waals surface area contributed by atoms with Crippen LogP contribution >= 0.6 is 0 Å². The molecule has 3 rings (SSSR count). The Balaban J connectivity index is 1.91. The number of nitrogens with zero attached hydrogens (tertiary/aromatic N) is 1. The number of methoxy groups -OCH3 is 1. The number of hydrogen-bond donors (Lipinski definition) is 0. The van der Waals surface area contributed by atoms with E-state index in [4.69, 9.17) is 4.74 Å². The van der Waals surface area contributed by atoms with E-state index in [1.807, 2.05) is 24.3 Å². The van der Waals surface area contributed by atoms with Gasteiger partial charge >= 0.3 is 5.97 Å². The molecule has 0 N–H and O–H groups in total. The van der Waals surface area contributed by atoms with Crippen LogP contribution in [0.2, 0.25) is 0 Å². The highest BCUT2D eigenvalue weighted by Gasteiger charge is 2.54. The Labute approximate surface area is 112 Å². The van der Waals surface area contributed by atoms with Gasteiger partial charge in [-0.3, -0.25) is 9.59 Å². The highest BCUT2D eigenvalue weighted by molar-refractivity contribution is 6.11. The smallest absolute Gasteiger partial charge is 0.321 e. The summed E-state index contributed by atoms with van der Waals surface area (Å²) in [5.74, 6) is -0.469. The van der Waals surface area contributed by atoms with E-state index in [0.717, 1.165) is 18.5 Å². The molecule has 100 valence electrons. The number of fused-ring (bicyclic) bond motifs is 1. The average molecular weight is 259 g/mol. The lowest BCUT2D eigenvalue weighted by molar-refractivity contribution is -0.163. The van der Waals surface area contributed by atoms with Gasteiger partial charge in [0.2, 0.25) is 5.91 Å². The van der Waals surface area contributed by atoms with Crippen molar-refractivity contribution in [2.75, 3.05) is 18.6 Å². The molecule has 4 heteroatoms. The molecule has 0 aromatic heterocycles. The van der Waals surface area contributed by atoms with E-state index >= 15 is 0 Å². The highest BCUT2D eigenvalue weighted by atomic mass is 16.5. The van der Waals surface area contributed by atoms with Crippen molar-refractivity contribution >= 4 is 17.6 Å². The minimum Gasteiger partial charge on any atom is -0.468 e. The maximum atomic E-state index is 12.7. The van der Waals surface area contributed by atoms with Crippen molar-refractivity contribution in [1.29, 1.82) is 0 Å². The Kier molecular flexibility index (Phi) is 2.81. The molecule has 0 radical (unpaired) electrons. The summed E-state index contributed by atoms with van der Waals surface area (Å²) >= 11 is 0. The molecule has 2 aliphatic rings. The minimum absolute atomic E-state index is 0.0875. The molecule has 0 atom stereocenters. The Hall–Kier alpha value is -1.84. The molecule has 1 aliphatic heterocycles. The average Bonchev–Trinajstić information content (AvgIpc) is 2.80. The lowest BCUT2D eigenvalue weighted by Gasteiger charge is -2.39. The zero-order valence-electron chi connectivity index (χ0n) is 11.0. The topological polar surface area (TPSA) is 46.6 Å². The molecular weight excluding hydrogens is 242 g/mol. The van der Waals surface area contributed by atoms with Gasteiger partial charge in [-0.15, -0.1) is 0 Å². The van der Waals surface area contributed by atoms with E-state index in [0.29, 0.717) is 19.4 Å². The van der Waals surface area contributed by atoms with Crippen LogP contribution in [0.1, 0.15) is 24.8 Å². The summed E-state index contributed by atoms with van der Waals surface area (Å²) in [5.41, 5.74) is 1.20. The van der Waals surface area contributed by atoms with Gasteiger partial charge in [0.05, 0.1) is 7.11 Å². The van der Waals surface area contributed by atoms with Gasteiger partial charge in [0, 0.05) is 12.2 Å². The fourth-order valence-corrected chi connectivity index (χ4v) is 3.04. The summed E-state index contributed by atoms with van der Waals surface area (Å²) in [6.07, 6.45) is 2.99. The predicted octanol–water partition coefficient (Wildman–Crippen LogP) is 1.92. The summed E-state index contributed by atoms with van der Waals surface area (Å²) in [5, 5.41) is 0. The molecule has 0 spiro atoms. The standard InChI is InChI=1S/C15H17NO3/c1-19-14(18)15(8-4-9-15)13(17)16-10-7-11-5-2-3-6-12(11)16/h2-3,5-6H,4,7-10H2,1H3. The lowest BCUT2D eigenvalue weighted by Crippen LogP contribution is -2.52. The van der Waals surface area contributed by atoms with Gasteiger partial charge in [-0.2, -0.15) is 0 Å². The Morgan fingerprint density at radius 1 is 1.26 bits per heavy atom. The second kappa shape index (κ2) is 4.37. The Bertz CT molecular complexity index is 534. The largest absolute Gasteiger partial charge is 0.468 e. The maximum Gasteiger partial charge on any atom is 0.321 e. The third-order valence-corrected chi connectivity index (χ3v) is 4.32. The number of esters is 1. The number of ether oxygens (including phenoxy) is 1. The van der Waals surface area contributed by atoms with Gasteiger partial charge in [-0.25, -0.2) is 0 Å². The zero-order chi connectivity index (χ0) is 13.5. The fourth-order valence-electron chi connectivity index (χ4n) is 3.04. The number of hydrogen-bond acceptors (Lipinski definition) is 3. The minimum atomic E-state index is -0.924. The second-order valence-electron chi connectivity index (χ2n) is 5.26. The Morgan fingerprint density at radius 2 is 2.00 bits per heavy atom. The number of para-hydroxylation sites is 1. The first-order valence-corrected chi connectivity index (χ1v) is 6.67. The summed E-state index contributed by atoms with van der Waals surface area (Å²) in [6.45, 7) is 0.664. The molecule has 19 heavy (non-hydrogen) atoms. The molecular formula is C15H17NO3.